The molecule has 0 N–H and O–H groups in total. The van der Waals surface area contributed by atoms with Crippen LogP contribution in [0, 0.1) is 0 Å². The fourth-order valence-corrected chi connectivity index (χ4v) is 2.55. The molecule has 1 aromatic carbocycles. The van der Waals surface area contributed by atoms with Gasteiger partial charge in [-0.25, -0.2) is 8.42 Å². The van der Waals surface area contributed by atoms with Crippen LogP contribution in [-0.2, 0) is 9.84 Å². The van der Waals surface area contributed by atoms with Gasteiger partial charge in [-0.1, -0.05) is 0 Å². The van der Waals surface area contributed by atoms with E-state index in [1.54, 1.807) is 0 Å². The van der Waals surface area contributed by atoms with Crippen molar-refractivity contribution in [1.82, 2.24) is 0 Å². The molecule has 0 saturated carbocycles. The minimum Gasteiger partial charge on any atom is -0.445 e. The molecule has 1 aromatic rings. The summed E-state index contributed by atoms with van der Waals surface area (Å²) in [5.74, 6) is -0.248. The van der Waals surface area contributed by atoms with Gasteiger partial charge < -0.3 is 12.9 Å². The molecular formula is C10H11BF3O2S2-. The summed E-state index contributed by atoms with van der Waals surface area (Å²) in [7, 11) is -3.28. The van der Waals surface area contributed by atoms with E-state index in [0.717, 1.165) is 18.0 Å². The molecule has 0 aliphatic heterocycles. The molecule has 0 spiro atoms. The van der Waals surface area contributed by atoms with Gasteiger partial charge in [0.25, 0.3) is 0 Å². The molecule has 0 aliphatic rings. The Morgan fingerprint density at radius 3 is 2.17 bits per heavy atom. The monoisotopic (exact) mass is 295 g/mol. The lowest BCUT2D eigenvalue weighted by atomic mass is 9.82. The van der Waals surface area contributed by atoms with Crippen molar-refractivity contribution in [3.8, 4) is 0 Å². The predicted molar refractivity (Wildman–Crippen MR) is 68.5 cm³/mol. The fraction of sp³-hybridized carbons (Fsp3) is 0.200. The molecule has 18 heavy (non-hydrogen) atoms. The normalized spacial score (nSPS) is 12.4. The van der Waals surface area contributed by atoms with Gasteiger partial charge in [0.05, 0.1) is 4.90 Å². The number of rotatable bonds is 5. The molecule has 0 saturated heterocycles. The molecule has 0 fully saturated rings. The van der Waals surface area contributed by atoms with Crippen molar-refractivity contribution in [2.45, 2.75) is 9.79 Å². The molecule has 0 bridgehead atoms. The molecule has 8 heteroatoms. The van der Waals surface area contributed by atoms with Gasteiger partial charge in [0.15, 0.2) is 9.84 Å². The highest BCUT2D eigenvalue weighted by Gasteiger charge is 2.26. The van der Waals surface area contributed by atoms with Crippen LogP contribution in [0.1, 0.15) is 0 Å². The molecule has 0 atom stereocenters. The van der Waals surface area contributed by atoms with Gasteiger partial charge in [-0.05, 0) is 30.0 Å². The van der Waals surface area contributed by atoms with Crippen LogP contribution in [0.15, 0.2) is 46.1 Å². The Morgan fingerprint density at radius 1 is 1.28 bits per heavy atom. The number of hydrogen-bond acceptors (Lipinski definition) is 3. The fourth-order valence-electron chi connectivity index (χ4n) is 1.05. The third-order valence-electron chi connectivity index (χ3n) is 2.14. The number of thioether (sulfide) groups is 1. The smallest absolute Gasteiger partial charge is 0.445 e. The van der Waals surface area contributed by atoms with Crippen molar-refractivity contribution < 1.29 is 21.4 Å². The maximum absolute atomic E-state index is 12.2. The Morgan fingerprint density at radius 2 is 1.78 bits per heavy atom. The maximum atomic E-state index is 12.2. The second kappa shape index (κ2) is 5.40. The summed E-state index contributed by atoms with van der Waals surface area (Å²) in [4.78, 5) is 0.717. The SMILES string of the molecule is C=C(CSc1ccc(S(C)(=O)=O)cc1)[B-](F)(F)F. The lowest BCUT2D eigenvalue weighted by Gasteiger charge is -2.17. The van der Waals surface area contributed by atoms with E-state index in [1.807, 2.05) is 0 Å². The number of halogens is 3. The topological polar surface area (TPSA) is 34.1 Å². The van der Waals surface area contributed by atoms with Crippen molar-refractivity contribution in [2.75, 3.05) is 12.0 Å². The molecule has 0 heterocycles. The summed E-state index contributed by atoms with van der Waals surface area (Å²) in [6.45, 7) is -2.03. The first kappa shape index (κ1) is 15.2. The van der Waals surface area contributed by atoms with Crippen molar-refractivity contribution >= 4 is 28.6 Å². The van der Waals surface area contributed by atoms with E-state index in [-0.39, 0.29) is 10.6 Å². The summed E-state index contributed by atoms with van der Waals surface area (Å²) in [6.07, 6.45) is 1.07. The molecule has 1 rings (SSSR count). The highest BCUT2D eigenvalue weighted by atomic mass is 32.2. The van der Waals surface area contributed by atoms with Crippen LogP contribution >= 0.6 is 11.8 Å². The zero-order valence-corrected chi connectivity index (χ0v) is 11.2. The van der Waals surface area contributed by atoms with E-state index in [0.29, 0.717) is 4.90 Å². The first-order chi connectivity index (χ1) is 8.10. The highest BCUT2D eigenvalue weighted by molar-refractivity contribution is 7.99. The van der Waals surface area contributed by atoms with E-state index in [9.17, 15) is 21.4 Å². The molecule has 2 nitrogen and oxygen atoms in total. The van der Waals surface area contributed by atoms with Gasteiger partial charge in [-0.15, -0.1) is 23.8 Å². The van der Waals surface area contributed by atoms with Crippen LogP contribution in [0.25, 0.3) is 0 Å². The third-order valence-corrected chi connectivity index (χ3v) is 4.39. The molecule has 0 radical (unpaired) electrons. The molecule has 100 valence electrons. The van der Waals surface area contributed by atoms with E-state index in [4.69, 9.17) is 0 Å². The first-order valence-electron chi connectivity index (χ1n) is 4.91. The second-order valence-corrected chi connectivity index (χ2v) is 6.83. The van der Waals surface area contributed by atoms with Gasteiger partial charge in [-0.2, -0.15) is 0 Å². The quantitative estimate of drug-likeness (QED) is 0.618. The Balaban J connectivity index is 2.69. The van der Waals surface area contributed by atoms with Crippen LogP contribution in [0.2, 0.25) is 0 Å². The minimum atomic E-state index is -5.01. The molecule has 0 aromatic heterocycles. The van der Waals surface area contributed by atoms with Crippen LogP contribution < -0.4 is 0 Å². The molecule has 0 unspecified atom stereocenters. The lowest BCUT2D eigenvalue weighted by Crippen LogP contribution is -2.20. The molecule has 0 aliphatic carbocycles. The van der Waals surface area contributed by atoms with E-state index in [1.165, 1.54) is 24.3 Å². The number of hydrogen-bond donors (Lipinski definition) is 0. The number of benzene rings is 1. The highest BCUT2D eigenvalue weighted by Crippen LogP contribution is 2.27. The molecule has 0 amide bonds. The summed E-state index contributed by atoms with van der Waals surface area (Å²) in [5.41, 5.74) is -0.757. The van der Waals surface area contributed by atoms with Crippen LogP contribution in [-0.4, -0.2) is 27.4 Å². The van der Waals surface area contributed by atoms with Gasteiger partial charge in [0.2, 0.25) is 0 Å². The standard InChI is InChI=1S/C10H11BF3O2S2/c1-8(11(12,13)14)7-17-9-3-5-10(6-4-9)18(2,15)16/h3-6H,1,7H2,2H3/q-1. The summed E-state index contributed by atoms with van der Waals surface area (Å²) in [6, 6.07) is 5.72. The summed E-state index contributed by atoms with van der Waals surface area (Å²) in [5, 5.41) is 0. The van der Waals surface area contributed by atoms with Crippen LogP contribution in [0.4, 0.5) is 12.9 Å². The largest absolute Gasteiger partial charge is 0.505 e. The van der Waals surface area contributed by atoms with E-state index in [2.05, 4.69) is 6.58 Å². The molecular weight excluding hydrogens is 284 g/mol. The Kier molecular flexibility index (Phi) is 4.55. The van der Waals surface area contributed by atoms with Gasteiger partial charge >= 0.3 is 6.98 Å². The first-order valence-corrected chi connectivity index (χ1v) is 7.79. The van der Waals surface area contributed by atoms with Crippen molar-refractivity contribution in [3.05, 3.63) is 36.3 Å². The van der Waals surface area contributed by atoms with Gasteiger partial charge in [0, 0.05) is 11.2 Å². The second-order valence-electron chi connectivity index (χ2n) is 3.77. The zero-order chi connectivity index (χ0) is 14.0. The van der Waals surface area contributed by atoms with Crippen molar-refractivity contribution in [2.24, 2.45) is 0 Å². The summed E-state index contributed by atoms with van der Waals surface area (Å²) >= 11 is 0.976. The van der Waals surface area contributed by atoms with Gasteiger partial charge in [-0.3, -0.25) is 0 Å². The Bertz CT molecular complexity index is 535. The Labute approximate surface area is 108 Å². The van der Waals surface area contributed by atoms with Crippen molar-refractivity contribution in [1.29, 1.82) is 0 Å². The van der Waals surface area contributed by atoms with Gasteiger partial charge in [0.1, 0.15) is 0 Å². The van der Waals surface area contributed by atoms with E-state index < -0.39 is 22.3 Å². The van der Waals surface area contributed by atoms with Crippen LogP contribution in [0.5, 0.6) is 0 Å². The predicted octanol–water partition coefficient (Wildman–Crippen LogP) is 3.13. The summed E-state index contributed by atoms with van der Waals surface area (Å²) < 4.78 is 59.1. The minimum absolute atomic E-state index is 0.144. The zero-order valence-electron chi connectivity index (χ0n) is 9.57. The average molecular weight is 295 g/mol. The van der Waals surface area contributed by atoms with Crippen molar-refractivity contribution in [3.63, 3.8) is 0 Å². The maximum Gasteiger partial charge on any atom is 0.505 e. The van der Waals surface area contributed by atoms with Crippen LogP contribution in [0.3, 0.4) is 0 Å². The third kappa shape index (κ3) is 4.42. The van der Waals surface area contributed by atoms with E-state index >= 15 is 0 Å². The number of sulfone groups is 1. The Hall–Kier alpha value is -0.885. The lowest BCUT2D eigenvalue weighted by molar-refractivity contribution is 0.491. The average Bonchev–Trinajstić information content (AvgIpc) is 2.24.